The van der Waals surface area contributed by atoms with Crippen LogP contribution in [0.4, 0.5) is 5.13 Å². The molecule has 1 atom stereocenters. The van der Waals surface area contributed by atoms with Crippen LogP contribution in [0.5, 0.6) is 0 Å². The molecule has 6 heteroatoms. The Morgan fingerprint density at radius 3 is 2.83 bits per heavy atom. The zero-order valence-corrected chi connectivity index (χ0v) is 11.5. The predicted octanol–water partition coefficient (Wildman–Crippen LogP) is 3.26. The van der Waals surface area contributed by atoms with Crippen molar-refractivity contribution in [3.05, 3.63) is 40.1 Å². The summed E-state index contributed by atoms with van der Waals surface area (Å²) in [6.45, 7) is 2.03. The molecule has 0 aliphatic carbocycles. The van der Waals surface area contributed by atoms with Gasteiger partial charge in [-0.3, -0.25) is 4.98 Å². The maximum Gasteiger partial charge on any atom is 0.188 e. The van der Waals surface area contributed by atoms with Gasteiger partial charge in [-0.1, -0.05) is 29.0 Å². The Morgan fingerprint density at radius 1 is 1.50 bits per heavy atom. The Morgan fingerprint density at radius 2 is 2.28 bits per heavy atom. The normalized spacial score (nSPS) is 11.9. The zero-order valence-electron chi connectivity index (χ0n) is 9.96. The minimum atomic E-state index is 0.0694. The van der Waals surface area contributed by atoms with Crippen LogP contribution in [0.25, 0.3) is 0 Å². The Kier molecular flexibility index (Phi) is 3.80. The standard InChI is InChI=1S/C12H11ClN4S/c1-8(9-5-3-4-6-15-9)17(2)12-16-10(7-14)11(13)18-12/h3-6,8H,1-2H3/t8-/m0/s1. The lowest BCUT2D eigenvalue weighted by Gasteiger charge is -2.23. The van der Waals surface area contributed by atoms with Gasteiger partial charge in [0.2, 0.25) is 0 Å². The fourth-order valence-electron chi connectivity index (χ4n) is 1.50. The third-order valence-corrected chi connectivity index (χ3v) is 4.02. The molecule has 0 saturated heterocycles. The molecule has 0 aliphatic heterocycles. The van der Waals surface area contributed by atoms with Gasteiger partial charge in [-0.25, -0.2) is 4.98 Å². The first-order valence-electron chi connectivity index (χ1n) is 5.33. The van der Waals surface area contributed by atoms with Crippen LogP contribution in [0.2, 0.25) is 4.34 Å². The lowest BCUT2D eigenvalue weighted by molar-refractivity contribution is 0.711. The van der Waals surface area contributed by atoms with E-state index in [9.17, 15) is 0 Å². The molecule has 0 aliphatic rings. The molecule has 2 heterocycles. The lowest BCUT2D eigenvalue weighted by atomic mass is 10.2. The van der Waals surface area contributed by atoms with Crippen LogP contribution in [0.1, 0.15) is 24.4 Å². The van der Waals surface area contributed by atoms with Crippen molar-refractivity contribution in [2.24, 2.45) is 0 Å². The first-order chi connectivity index (χ1) is 8.63. The molecule has 0 spiro atoms. The van der Waals surface area contributed by atoms with Crippen LogP contribution in [0, 0.1) is 11.3 Å². The Labute approximate surface area is 114 Å². The second kappa shape index (κ2) is 5.34. The topological polar surface area (TPSA) is 52.8 Å². The molecule has 0 aromatic carbocycles. The number of halogens is 1. The summed E-state index contributed by atoms with van der Waals surface area (Å²) < 4.78 is 0.424. The molecule has 2 aromatic rings. The fourth-order valence-corrected chi connectivity index (χ4v) is 2.58. The fraction of sp³-hybridized carbons (Fsp3) is 0.250. The molecule has 92 valence electrons. The summed E-state index contributed by atoms with van der Waals surface area (Å²) in [5, 5.41) is 9.57. The summed E-state index contributed by atoms with van der Waals surface area (Å²) in [6, 6.07) is 7.83. The van der Waals surface area contributed by atoms with Gasteiger partial charge in [0, 0.05) is 13.2 Å². The van der Waals surface area contributed by atoms with Crippen molar-refractivity contribution in [1.29, 1.82) is 5.26 Å². The van der Waals surface area contributed by atoms with Crippen molar-refractivity contribution in [1.82, 2.24) is 9.97 Å². The molecule has 0 N–H and O–H groups in total. The van der Waals surface area contributed by atoms with E-state index in [0.717, 1.165) is 10.8 Å². The summed E-state index contributed by atoms with van der Waals surface area (Å²) in [5.41, 5.74) is 1.22. The highest BCUT2D eigenvalue weighted by Gasteiger charge is 2.18. The van der Waals surface area contributed by atoms with Gasteiger partial charge in [-0.05, 0) is 19.1 Å². The van der Waals surface area contributed by atoms with Crippen LogP contribution >= 0.6 is 22.9 Å². The summed E-state index contributed by atoms with van der Waals surface area (Å²) in [4.78, 5) is 10.5. The van der Waals surface area contributed by atoms with Crippen molar-refractivity contribution in [2.75, 3.05) is 11.9 Å². The number of hydrogen-bond donors (Lipinski definition) is 0. The monoisotopic (exact) mass is 278 g/mol. The molecule has 18 heavy (non-hydrogen) atoms. The second-order valence-corrected chi connectivity index (χ2v) is 5.35. The Balaban J connectivity index is 2.26. The van der Waals surface area contributed by atoms with E-state index in [2.05, 4.69) is 9.97 Å². The van der Waals surface area contributed by atoms with Gasteiger partial charge in [0.05, 0.1) is 11.7 Å². The number of thiazole rings is 1. The molecule has 0 saturated carbocycles. The van der Waals surface area contributed by atoms with E-state index in [1.165, 1.54) is 11.3 Å². The first-order valence-corrected chi connectivity index (χ1v) is 6.53. The van der Waals surface area contributed by atoms with Gasteiger partial charge in [0.15, 0.2) is 10.8 Å². The van der Waals surface area contributed by atoms with Crippen LogP contribution in [0.15, 0.2) is 24.4 Å². The van der Waals surface area contributed by atoms with E-state index >= 15 is 0 Å². The van der Waals surface area contributed by atoms with Gasteiger partial charge in [0.25, 0.3) is 0 Å². The van der Waals surface area contributed by atoms with Gasteiger partial charge < -0.3 is 4.90 Å². The molecule has 2 aromatic heterocycles. The van der Waals surface area contributed by atoms with E-state index in [0.29, 0.717) is 4.34 Å². The van der Waals surface area contributed by atoms with Crippen LogP contribution < -0.4 is 4.90 Å². The highest BCUT2D eigenvalue weighted by Crippen LogP contribution is 2.33. The minimum Gasteiger partial charge on any atom is -0.343 e. The maximum absolute atomic E-state index is 8.85. The largest absolute Gasteiger partial charge is 0.343 e. The van der Waals surface area contributed by atoms with Gasteiger partial charge in [0.1, 0.15) is 10.4 Å². The van der Waals surface area contributed by atoms with Crippen molar-refractivity contribution in [3.8, 4) is 6.07 Å². The number of anilines is 1. The quantitative estimate of drug-likeness (QED) is 0.865. The average Bonchev–Trinajstić information content (AvgIpc) is 2.79. The van der Waals surface area contributed by atoms with Crippen LogP contribution in [-0.4, -0.2) is 17.0 Å². The lowest BCUT2D eigenvalue weighted by Crippen LogP contribution is -2.22. The second-order valence-electron chi connectivity index (χ2n) is 3.77. The molecule has 4 nitrogen and oxygen atoms in total. The van der Waals surface area contributed by atoms with Crippen molar-refractivity contribution < 1.29 is 0 Å². The SMILES string of the molecule is C[C@@H](c1ccccn1)N(C)c1nc(C#N)c(Cl)s1. The maximum atomic E-state index is 8.85. The highest BCUT2D eigenvalue weighted by molar-refractivity contribution is 7.19. The molecule has 2 rings (SSSR count). The number of pyridine rings is 1. The molecule has 0 amide bonds. The van der Waals surface area contributed by atoms with Crippen LogP contribution in [0.3, 0.4) is 0 Å². The first kappa shape index (κ1) is 12.8. The molecule has 0 radical (unpaired) electrons. The third kappa shape index (κ3) is 2.45. The van der Waals surface area contributed by atoms with E-state index in [1.807, 2.05) is 43.1 Å². The number of nitrogens with zero attached hydrogens (tertiary/aromatic N) is 4. The number of rotatable bonds is 3. The Bertz CT molecular complexity index is 576. The predicted molar refractivity (Wildman–Crippen MR) is 72.9 cm³/mol. The van der Waals surface area contributed by atoms with Crippen molar-refractivity contribution in [2.45, 2.75) is 13.0 Å². The van der Waals surface area contributed by atoms with Crippen molar-refractivity contribution >= 4 is 28.1 Å². The summed E-state index contributed by atoms with van der Waals surface area (Å²) >= 11 is 7.23. The zero-order chi connectivity index (χ0) is 13.1. The highest BCUT2D eigenvalue weighted by atomic mass is 35.5. The third-order valence-electron chi connectivity index (χ3n) is 2.68. The Hall–Kier alpha value is -1.64. The number of hydrogen-bond acceptors (Lipinski definition) is 5. The van der Waals surface area contributed by atoms with E-state index < -0.39 is 0 Å². The molecular formula is C12H11ClN4S. The summed E-state index contributed by atoms with van der Waals surface area (Å²) in [6.07, 6.45) is 1.76. The van der Waals surface area contributed by atoms with Crippen molar-refractivity contribution in [3.63, 3.8) is 0 Å². The van der Waals surface area contributed by atoms with E-state index in [1.54, 1.807) is 6.20 Å². The number of aromatic nitrogens is 2. The molecule has 0 fully saturated rings. The molecular weight excluding hydrogens is 268 g/mol. The van der Waals surface area contributed by atoms with Gasteiger partial charge >= 0.3 is 0 Å². The average molecular weight is 279 g/mol. The van der Waals surface area contributed by atoms with Crippen LogP contribution in [-0.2, 0) is 0 Å². The minimum absolute atomic E-state index is 0.0694. The van der Waals surface area contributed by atoms with E-state index in [-0.39, 0.29) is 11.7 Å². The summed E-state index contributed by atoms with van der Waals surface area (Å²) in [5.74, 6) is 0. The summed E-state index contributed by atoms with van der Waals surface area (Å²) in [7, 11) is 1.91. The molecule has 0 unspecified atom stereocenters. The smallest absolute Gasteiger partial charge is 0.188 e. The van der Waals surface area contributed by atoms with Gasteiger partial charge in [-0.15, -0.1) is 0 Å². The number of nitriles is 1. The molecule has 0 bridgehead atoms. The van der Waals surface area contributed by atoms with Gasteiger partial charge in [-0.2, -0.15) is 5.26 Å². The van der Waals surface area contributed by atoms with E-state index in [4.69, 9.17) is 16.9 Å².